The SMILES string of the molecule is [CH2]C[N+](O)(O)CC. The maximum atomic E-state index is 8.56. The first kappa shape index (κ1) is 6.88. The molecule has 0 spiro atoms. The normalized spacial score (nSPS) is 12.0. The molecular formula is C4H11NO2+. The third kappa shape index (κ3) is 2.56. The highest BCUT2D eigenvalue weighted by atomic mass is 16.8. The molecule has 2 N–H and O–H groups in total. The highest BCUT2D eigenvalue weighted by Gasteiger charge is 2.13. The van der Waals surface area contributed by atoms with Gasteiger partial charge in [-0.1, -0.05) is 0 Å². The van der Waals surface area contributed by atoms with Crippen molar-refractivity contribution in [1.29, 1.82) is 0 Å². The van der Waals surface area contributed by atoms with Crippen molar-refractivity contribution in [3.63, 3.8) is 0 Å². The molecule has 3 heteroatoms. The van der Waals surface area contributed by atoms with Crippen molar-refractivity contribution in [3.05, 3.63) is 6.92 Å². The van der Waals surface area contributed by atoms with Crippen LogP contribution in [0.2, 0.25) is 0 Å². The van der Waals surface area contributed by atoms with Crippen LogP contribution in [-0.4, -0.2) is 28.3 Å². The Morgan fingerprint density at radius 2 is 2.00 bits per heavy atom. The van der Waals surface area contributed by atoms with E-state index in [1.807, 2.05) is 0 Å². The minimum absolute atomic E-state index is 0.0938. The average Bonchev–Trinajstić information content (AvgIpc) is 1.68. The van der Waals surface area contributed by atoms with Gasteiger partial charge < -0.3 is 0 Å². The zero-order valence-corrected chi connectivity index (χ0v) is 4.46. The van der Waals surface area contributed by atoms with E-state index in [-0.39, 0.29) is 13.1 Å². The lowest BCUT2D eigenvalue weighted by Crippen LogP contribution is -2.40. The van der Waals surface area contributed by atoms with Crippen LogP contribution in [0.3, 0.4) is 0 Å². The minimum Gasteiger partial charge on any atom is -0.182 e. The van der Waals surface area contributed by atoms with E-state index in [4.69, 9.17) is 10.4 Å². The van der Waals surface area contributed by atoms with Gasteiger partial charge in [0.1, 0.15) is 13.1 Å². The third-order valence-corrected chi connectivity index (χ3v) is 0.865. The van der Waals surface area contributed by atoms with Crippen LogP contribution in [0.1, 0.15) is 6.92 Å². The second kappa shape index (κ2) is 2.26. The Labute approximate surface area is 43.3 Å². The van der Waals surface area contributed by atoms with E-state index in [1.165, 1.54) is 0 Å². The fourth-order valence-electron chi connectivity index (χ4n) is 0.158. The summed E-state index contributed by atoms with van der Waals surface area (Å²) in [6.07, 6.45) is 0. The number of hydroxylamine groups is 4. The fourth-order valence-corrected chi connectivity index (χ4v) is 0.158. The molecule has 0 aromatic heterocycles. The molecule has 0 unspecified atom stereocenters. The van der Waals surface area contributed by atoms with Gasteiger partial charge in [0.05, 0.1) is 0 Å². The highest BCUT2D eigenvalue weighted by Crippen LogP contribution is 1.89. The Morgan fingerprint density at radius 1 is 1.57 bits per heavy atom. The van der Waals surface area contributed by atoms with Crippen molar-refractivity contribution in [3.8, 4) is 0 Å². The average molecular weight is 105 g/mol. The monoisotopic (exact) mass is 105 g/mol. The molecule has 0 amide bonds. The molecule has 0 saturated heterocycles. The largest absolute Gasteiger partial charge is 0.182 e. The van der Waals surface area contributed by atoms with Gasteiger partial charge in [-0.3, -0.25) is 0 Å². The summed E-state index contributed by atoms with van der Waals surface area (Å²) in [5, 5.41) is 17.1. The number of rotatable bonds is 2. The molecule has 0 bridgehead atoms. The predicted molar refractivity (Wildman–Crippen MR) is 24.6 cm³/mol. The zero-order valence-electron chi connectivity index (χ0n) is 4.46. The van der Waals surface area contributed by atoms with Gasteiger partial charge in [-0.2, -0.15) is 10.4 Å². The zero-order chi connectivity index (χ0) is 5.91. The van der Waals surface area contributed by atoms with Gasteiger partial charge in [0.15, 0.2) is 0 Å². The van der Waals surface area contributed by atoms with Gasteiger partial charge in [-0.25, -0.2) is 0 Å². The second-order valence-electron chi connectivity index (χ2n) is 1.42. The van der Waals surface area contributed by atoms with Gasteiger partial charge in [0, 0.05) is 6.92 Å². The lowest BCUT2D eigenvalue weighted by atomic mass is 10.6. The molecule has 0 rings (SSSR count). The summed E-state index contributed by atoms with van der Waals surface area (Å²) in [7, 11) is 0. The number of quaternary nitrogens is 1. The van der Waals surface area contributed by atoms with Crippen molar-refractivity contribution < 1.29 is 15.2 Å². The van der Waals surface area contributed by atoms with Crippen LogP contribution in [0.5, 0.6) is 0 Å². The van der Waals surface area contributed by atoms with Gasteiger partial charge in [-0.05, 0) is 11.7 Å². The molecule has 0 aliphatic rings. The third-order valence-electron chi connectivity index (χ3n) is 0.865. The Bertz CT molecular complexity index is 47.7. The van der Waals surface area contributed by atoms with Crippen molar-refractivity contribution in [2.75, 3.05) is 13.1 Å². The summed E-state index contributed by atoms with van der Waals surface area (Å²) in [5.74, 6) is 0. The summed E-state index contributed by atoms with van der Waals surface area (Å²) >= 11 is 0. The first-order valence-electron chi connectivity index (χ1n) is 2.24. The number of nitrogens with zero attached hydrogens (tertiary/aromatic N) is 1. The van der Waals surface area contributed by atoms with E-state index in [9.17, 15) is 0 Å². The smallest absolute Gasteiger partial charge is 0.142 e. The van der Waals surface area contributed by atoms with E-state index in [1.54, 1.807) is 6.92 Å². The Morgan fingerprint density at radius 3 is 2.00 bits per heavy atom. The second-order valence-corrected chi connectivity index (χ2v) is 1.42. The molecule has 0 aliphatic carbocycles. The Balaban J connectivity index is 3.36. The molecule has 0 aliphatic heterocycles. The van der Waals surface area contributed by atoms with Gasteiger partial charge in [0.25, 0.3) is 0 Å². The van der Waals surface area contributed by atoms with E-state index < -0.39 is 4.81 Å². The topological polar surface area (TPSA) is 40.5 Å². The minimum atomic E-state index is -0.972. The standard InChI is InChI=1S/C4H11NO2/c1-3-5(6,7)4-2/h6-7H,1,3-4H2,2H3/q+1. The van der Waals surface area contributed by atoms with Crippen molar-refractivity contribution >= 4 is 0 Å². The van der Waals surface area contributed by atoms with Crippen molar-refractivity contribution in [1.82, 2.24) is 0 Å². The molecule has 3 nitrogen and oxygen atoms in total. The summed E-state index contributed by atoms with van der Waals surface area (Å²) in [5.41, 5.74) is 0. The van der Waals surface area contributed by atoms with Crippen molar-refractivity contribution in [2.45, 2.75) is 6.92 Å². The summed E-state index contributed by atoms with van der Waals surface area (Å²) in [6, 6.07) is 0. The van der Waals surface area contributed by atoms with Crippen LogP contribution in [0, 0.1) is 6.92 Å². The molecule has 43 valence electrons. The summed E-state index contributed by atoms with van der Waals surface area (Å²) in [4.78, 5) is -0.972. The Hall–Kier alpha value is -0.120. The van der Waals surface area contributed by atoms with Gasteiger partial charge >= 0.3 is 0 Å². The highest BCUT2D eigenvalue weighted by molar-refractivity contribution is 4.22. The van der Waals surface area contributed by atoms with Crippen LogP contribution in [0.25, 0.3) is 0 Å². The van der Waals surface area contributed by atoms with Gasteiger partial charge in [-0.15, -0.1) is 0 Å². The maximum absolute atomic E-state index is 8.56. The summed E-state index contributed by atoms with van der Waals surface area (Å²) < 4.78 is 0. The van der Waals surface area contributed by atoms with Crippen molar-refractivity contribution in [2.24, 2.45) is 0 Å². The number of hydrogen-bond donors (Lipinski definition) is 2. The molecule has 7 heavy (non-hydrogen) atoms. The Kier molecular flexibility index (Phi) is 2.22. The van der Waals surface area contributed by atoms with Crippen LogP contribution in [0.4, 0.5) is 0 Å². The van der Waals surface area contributed by atoms with E-state index in [0.29, 0.717) is 0 Å². The molecule has 0 saturated carbocycles. The molecule has 0 aromatic rings. The van der Waals surface area contributed by atoms with Crippen LogP contribution in [0.15, 0.2) is 0 Å². The molecule has 1 radical (unpaired) electrons. The molecular weight excluding hydrogens is 94.0 g/mol. The lowest BCUT2D eigenvalue weighted by molar-refractivity contribution is -1.24. The quantitative estimate of drug-likeness (QED) is 0.395. The number of hydrogen-bond acceptors (Lipinski definition) is 2. The molecule has 0 heterocycles. The maximum Gasteiger partial charge on any atom is 0.142 e. The molecule has 0 aromatic carbocycles. The van der Waals surface area contributed by atoms with E-state index in [0.717, 1.165) is 0 Å². The first-order valence-corrected chi connectivity index (χ1v) is 2.24. The summed E-state index contributed by atoms with van der Waals surface area (Å²) in [6.45, 7) is 5.35. The van der Waals surface area contributed by atoms with E-state index >= 15 is 0 Å². The first-order chi connectivity index (χ1) is 3.12. The van der Waals surface area contributed by atoms with Crippen LogP contribution in [-0.2, 0) is 0 Å². The lowest BCUT2D eigenvalue weighted by Gasteiger charge is -2.15. The van der Waals surface area contributed by atoms with Gasteiger partial charge in [0.2, 0.25) is 0 Å². The molecule has 0 fully saturated rings. The fraction of sp³-hybridized carbons (Fsp3) is 0.750. The van der Waals surface area contributed by atoms with Crippen LogP contribution < -0.4 is 0 Å². The van der Waals surface area contributed by atoms with E-state index in [2.05, 4.69) is 6.92 Å². The molecule has 0 atom stereocenters. The predicted octanol–water partition coefficient (Wildman–Crippen LogP) is 0.436. The van der Waals surface area contributed by atoms with Crippen LogP contribution >= 0.6 is 0 Å².